The predicted octanol–water partition coefficient (Wildman–Crippen LogP) is 4.76. The van der Waals surface area contributed by atoms with Gasteiger partial charge in [0, 0.05) is 19.2 Å². The maximum atomic E-state index is 12.7. The normalized spacial score (nSPS) is 18.0. The molecule has 0 aliphatic carbocycles. The zero-order valence-electron chi connectivity index (χ0n) is 16.8. The van der Waals surface area contributed by atoms with E-state index in [2.05, 4.69) is 40.3 Å². The molecule has 4 rings (SSSR count). The predicted molar refractivity (Wildman–Crippen MR) is 110 cm³/mol. The molecule has 1 atom stereocenters. The largest absolute Gasteiger partial charge is 0.443 e. The van der Waals surface area contributed by atoms with E-state index in [-0.39, 0.29) is 12.1 Å². The van der Waals surface area contributed by atoms with E-state index < -0.39 is 5.60 Å². The highest BCUT2D eigenvalue weighted by Crippen LogP contribution is 2.33. The molecule has 1 saturated heterocycles. The van der Waals surface area contributed by atoms with Crippen molar-refractivity contribution < 1.29 is 9.53 Å². The zero-order valence-corrected chi connectivity index (χ0v) is 16.8. The molecular formula is C22H26N4O2. The first-order chi connectivity index (χ1) is 13.3. The molecule has 1 aromatic heterocycles. The number of hydrazine groups is 1. The zero-order chi connectivity index (χ0) is 19.9. The average molecular weight is 378 g/mol. The van der Waals surface area contributed by atoms with E-state index in [0.717, 1.165) is 30.0 Å². The topological polar surface area (TPSA) is 61.5 Å². The number of imidazole rings is 1. The van der Waals surface area contributed by atoms with Crippen LogP contribution in [-0.2, 0) is 4.74 Å². The van der Waals surface area contributed by atoms with E-state index in [4.69, 9.17) is 4.74 Å². The Bertz CT molecular complexity index is 1000. The number of hydrogen-bond donors (Lipinski definition) is 1. The molecule has 0 unspecified atom stereocenters. The quantitative estimate of drug-likeness (QED) is 0.698. The highest BCUT2D eigenvalue weighted by atomic mass is 16.6. The Hall–Kier alpha value is -2.86. The Morgan fingerprint density at radius 3 is 2.68 bits per heavy atom. The third kappa shape index (κ3) is 3.60. The maximum Gasteiger partial charge on any atom is 0.425 e. The van der Waals surface area contributed by atoms with Crippen molar-refractivity contribution in [1.82, 2.24) is 20.0 Å². The summed E-state index contributed by atoms with van der Waals surface area (Å²) in [5, 5.41) is 5.96. The first-order valence-electron chi connectivity index (χ1n) is 9.59. The Labute approximate surface area is 165 Å². The van der Waals surface area contributed by atoms with Crippen molar-refractivity contribution in [2.45, 2.75) is 38.8 Å². The number of nitrogens with one attached hydrogen (secondary N) is 1. The van der Waals surface area contributed by atoms with Crippen molar-refractivity contribution in [3.05, 3.63) is 54.5 Å². The molecule has 28 heavy (non-hydrogen) atoms. The van der Waals surface area contributed by atoms with E-state index >= 15 is 0 Å². The minimum Gasteiger partial charge on any atom is -0.443 e. The molecule has 1 amide bonds. The fourth-order valence-electron chi connectivity index (χ4n) is 3.61. The second-order valence-electron chi connectivity index (χ2n) is 8.25. The molecule has 0 saturated carbocycles. The summed E-state index contributed by atoms with van der Waals surface area (Å²) in [6, 6.07) is 14.5. The molecular weight excluding hydrogens is 352 g/mol. The standard InChI is InChI=1S/C22H26N4O2/c1-22(2,3)28-21(27)26-19(11-12-25(26)4)20-23-14-18(24-20)17-10-9-15-7-5-6-8-16(15)13-17/h5-10,13-14,19H,11-12H2,1-4H3,(H,23,24)/t19-/m0/s1. The van der Waals surface area contributed by atoms with E-state index in [1.807, 2.05) is 51.2 Å². The first kappa shape index (κ1) is 18.5. The number of amides is 1. The highest BCUT2D eigenvalue weighted by Gasteiger charge is 2.38. The van der Waals surface area contributed by atoms with Crippen molar-refractivity contribution in [3.63, 3.8) is 0 Å². The molecule has 6 nitrogen and oxygen atoms in total. The number of rotatable bonds is 2. The van der Waals surface area contributed by atoms with Crippen LogP contribution in [0.3, 0.4) is 0 Å². The van der Waals surface area contributed by atoms with Gasteiger partial charge in [0.15, 0.2) is 0 Å². The lowest BCUT2D eigenvalue weighted by Gasteiger charge is -2.31. The Morgan fingerprint density at radius 2 is 1.93 bits per heavy atom. The van der Waals surface area contributed by atoms with Crippen LogP contribution in [0.1, 0.15) is 39.1 Å². The van der Waals surface area contributed by atoms with Gasteiger partial charge in [0.05, 0.1) is 11.9 Å². The monoisotopic (exact) mass is 378 g/mol. The Balaban J connectivity index is 1.61. The van der Waals surface area contributed by atoms with Gasteiger partial charge < -0.3 is 9.72 Å². The molecule has 1 aliphatic rings. The number of fused-ring (bicyclic) bond motifs is 1. The molecule has 1 N–H and O–H groups in total. The van der Waals surface area contributed by atoms with Crippen molar-refractivity contribution in [3.8, 4) is 11.3 Å². The van der Waals surface area contributed by atoms with Crippen LogP contribution in [0.4, 0.5) is 4.79 Å². The van der Waals surface area contributed by atoms with Crippen LogP contribution in [0.2, 0.25) is 0 Å². The molecule has 3 aromatic rings. The number of carbonyl (C=O) groups is 1. The number of ether oxygens (including phenoxy) is 1. The number of aromatic nitrogens is 2. The van der Waals surface area contributed by atoms with Crippen LogP contribution in [0.5, 0.6) is 0 Å². The maximum absolute atomic E-state index is 12.7. The lowest BCUT2D eigenvalue weighted by Crippen LogP contribution is -2.43. The highest BCUT2D eigenvalue weighted by molar-refractivity contribution is 5.86. The minimum atomic E-state index is -0.537. The van der Waals surface area contributed by atoms with Gasteiger partial charge in [-0.1, -0.05) is 36.4 Å². The number of benzene rings is 2. The summed E-state index contributed by atoms with van der Waals surface area (Å²) in [6.45, 7) is 6.40. The van der Waals surface area contributed by atoms with Crippen LogP contribution in [0.15, 0.2) is 48.7 Å². The molecule has 146 valence electrons. The van der Waals surface area contributed by atoms with Crippen molar-refractivity contribution >= 4 is 16.9 Å². The molecule has 6 heteroatoms. The third-order valence-corrected chi connectivity index (χ3v) is 4.94. The van der Waals surface area contributed by atoms with Crippen molar-refractivity contribution in [2.75, 3.05) is 13.6 Å². The summed E-state index contributed by atoms with van der Waals surface area (Å²) in [5.74, 6) is 0.776. The number of hydrogen-bond acceptors (Lipinski definition) is 4. The smallest absolute Gasteiger partial charge is 0.425 e. The average Bonchev–Trinajstić information content (AvgIpc) is 3.26. The first-order valence-corrected chi connectivity index (χ1v) is 9.59. The number of carbonyl (C=O) groups excluding carboxylic acids is 1. The summed E-state index contributed by atoms with van der Waals surface area (Å²) >= 11 is 0. The van der Waals surface area contributed by atoms with Gasteiger partial charge in [-0.15, -0.1) is 0 Å². The molecule has 0 spiro atoms. The SMILES string of the molecule is CN1CC[C@@H](c2ncc(-c3ccc4ccccc4c3)[nH]2)N1C(=O)OC(C)(C)C. The van der Waals surface area contributed by atoms with E-state index in [1.165, 1.54) is 10.8 Å². The second kappa shape index (κ2) is 6.95. The molecule has 1 fully saturated rings. The molecule has 0 radical (unpaired) electrons. The summed E-state index contributed by atoms with van der Waals surface area (Å²) < 4.78 is 5.59. The van der Waals surface area contributed by atoms with E-state index in [0.29, 0.717) is 0 Å². The Morgan fingerprint density at radius 1 is 1.18 bits per heavy atom. The summed E-state index contributed by atoms with van der Waals surface area (Å²) in [7, 11) is 1.90. The molecule has 2 heterocycles. The van der Waals surface area contributed by atoms with Gasteiger partial charge in [-0.3, -0.25) is 0 Å². The molecule has 1 aliphatic heterocycles. The number of nitrogens with zero attached hydrogens (tertiary/aromatic N) is 3. The van der Waals surface area contributed by atoms with Crippen LogP contribution in [0, 0.1) is 0 Å². The number of H-pyrrole nitrogens is 1. The number of aromatic amines is 1. The van der Waals surface area contributed by atoms with Gasteiger partial charge >= 0.3 is 6.09 Å². The minimum absolute atomic E-state index is 0.158. The summed E-state index contributed by atoms with van der Waals surface area (Å²) in [4.78, 5) is 20.7. The molecule has 0 bridgehead atoms. The van der Waals surface area contributed by atoms with Gasteiger partial charge in [0.25, 0.3) is 0 Å². The van der Waals surface area contributed by atoms with E-state index in [9.17, 15) is 4.79 Å². The van der Waals surface area contributed by atoms with Gasteiger partial charge in [0.2, 0.25) is 0 Å². The van der Waals surface area contributed by atoms with Crippen LogP contribution in [-0.4, -0.2) is 45.3 Å². The van der Waals surface area contributed by atoms with E-state index in [1.54, 1.807) is 5.01 Å². The van der Waals surface area contributed by atoms with Gasteiger partial charge in [-0.25, -0.2) is 19.8 Å². The van der Waals surface area contributed by atoms with Gasteiger partial charge in [0.1, 0.15) is 17.5 Å². The fraction of sp³-hybridized carbons (Fsp3) is 0.364. The second-order valence-corrected chi connectivity index (χ2v) is 8.25. The summed E-state index contributed by atoms with van der Waals surface area (Å²) in [5.41, 5.74) is 1.48. The van der Waals surface area contributed by atoms with Crippen molar-refractivity contribution in [1.29, 1.82) is 0 Å². The van der Waals surface area contributed by atoms with Crippen molar-refractivity contribution in [2.24, 2.45) is 0 Å². The van der Waals surface area contributed by atoms with Gasteiger partial charge in [-0.2, -0.15) is 0 Å². The lowest BCUT2D eigenvalue weighted by molar-refractivity contribution is -0.0318. The fourth-order valence-corrected chi connectivity index (χ4v) is 3.61. The van der Waals surface area contributed by atoms with Crippen LogP contribution < -0.4 is 0 Å². The lowest BCUT2D eigenvalue weighted by atomic mass is 10.1. The third-order valence-electron chi connectivity index (χ3n) is 4.94. The van der Waals surface area contributed by atoms with Crippen LogP contribution in [0.25, 0.3) is 22.0 Å². The summed E-state index contributed by atoms with van der Waals surface area (Å²) in [6.07, 6.45) is 2.30. The van der Waals surface area contributed by atoms with Gasteiger partial charge in [-0.05, 0) is 44.0 Å². The van der Waals surface area contributed by atoms with Crippen LogP contribution >= 0.6 is 0 Å². The Kier molecular flexibility index (Phi) is 4.59. The molecule has 2 aromatic carbocycles.